The molecule has 0 nitrogen and oxygen atoms in total. The van der Waals surface area contributed by atoms with E-state index in [2.05, 4.69) is 6.92 Å². The van der Waals surface area contributed by atoms with E-state index < -0.39 is 23.4 Å². The Morgan fingerprint density at radius 1 is 0.815 bits per heavy atom. The average molecular weight is 390 g/mol. The Morgan fingerprint density at radius 3 is 1.74 bits per heavy atom. The summed E-state index contributed by atoms with van der Waals surface area (Å²) in [6, 6.07) is 1.65. The second-order valence-electron chi connectivity index (χ2n) is 8.06. The second kappa shape index (κ2) is 10.4. The summed E-state index contributed by atoms with van der Waals surface area (Å²) in [5, 5.41) is 0. The van der Waals surface area contributed by atoms with Crippen molar-refractivity contribution >= 4 is 0 Å². The van der Waals surface area contributed by atoms with Gasteiger partial charge in [-0.25, -0.2) is 8.78 Å². The van der Waals surface area contributed by atoms with Crippen LogP contribution in [-0.2, 0) is 12.6 Å². The molecule has 0 N–H and O–H groups in total. The predicted octanol–water partition coefficient (Wildman–Crippen LogP) is 8.08. The number of alkyl halides is 3. The quantitative estimate of drug-likeness (QED) is 0.295. The van der Waals surface area contributed by atoms with Gasteiger partial charge < -0.3 is 0 Å². The fourth-order valence-corrected chi connectivity index (χ4v) is 4.29. The second-order valence-corrected chi connectivity index (χ2v) is 8.06. The summed E-state index contributed by atoms with van der Waals surface area (Å²) >= 11 is 0. The molecule has 1 fully saturated rings. The number of hydrogen-bond donors (Lipinski definition) is 0. The van der Waals surface area contributed by atoms with Gasteiger partial charge in [-0.15, -0.1) is 0 Å². The summed E-state index contributed by atoms with van der Waals surface area (Å²) in [7, 11) is 0. The molecule has 0 aromatic heterocycles. The Bertz CT molecular complexity index is 548. The van der Waals surface area contributed by atoms with Gasteiger partial charge in [-0.3, -0.25) is 0 Å². The van der Waals surface area contributed by atoms with Crippen molar-refractivity contribution in [2.24, 2.45) is 11.8 Å². The predicted molar refractivity (Wildman–Crippen MR) is 98.5 cm³/mol. The standard InChI is InChI=1S/C22H31F5/c1-2-3-4-7-16-10-12-17(13-11-16)8-5-6-9-18-14-19(23)21(20(24)15-18)22(25,26)27/h14-17H,2-13H2,1H3. The molecule has 0 heterocycles. The molecule has 1 aliphatic rings. The number of halogens is 5. The van der Waals surface area contributed by atoms with Crippen molar-refractivity contribution < 1.29 is 22.0 Å². The molecule has 1 aromatic rings. The van der Waals surface area contributed by atoms with Crippen LogP contribution in [0.1, 0.15) is 88.7 Å². The molecule has 0 atom stereocenters. The van der Waals surface area contributed by atoms with Crippen LogP contribution in [0.2, 0.25) is 0 Å². The van der Waals surface area contributed by atoms with Crippen LogP contribution >= 0.6 is 0 Å². The van der Waals surface area contributed by atoms with Gasteiger partial charge in [-0.1, -0.05) is 71.1 Å². The Labute approximate surface area is 159 Å². The number of hydrogen-bond acceptors (Lipinski definition) is 0. The fraction of sp³-hybridized carbons (Fsp3) is 0.727. The molecule has 0 spiro atoms. The molecule has 1 aromatic carbocycles. The summed E-state index contributed by atoms with van der Waals surface area (Å²) in [5.74, 6) is -1.42. The molecule has 0 bridgehead atoms. The molecule has 0 unspecified atom stereocenters. The van der Waals surface area contributed by atoms with Crippen LogP contribution in [0.3, 0.4) is 0 Å². The minimum atomic E-state index is -5.00. The third-order valence-electron chi connectivity index (χ3n) is 5.90. The van der Waals surface area contributed by atoms with Gasteiger partial charge in [-0.05, 0) is 42.4 Å². The molecule has 0 saturated heterocycles. The summed E-state index contributed by atoms with van der Waals surface area (Å²) in [6.45, 7) is 2.23. The molecule has 0 radical (unpaired) electrons. The summed E-state index contributed by atoms with van der Waals surface area (Å²) in [4.78, 5) is 0. The van der Waals surface area contributed by atoms with E-state index in [-0.39, 0.29) is 0 Å². The maximum atomic E-state index is 13.6. The largest absolute Gasteiger partial charge is 0.422 e. The Balaban J connectivity index is 1.69. The van der Waals surface area contributed by atoms with Crippen molar-refractivity contribution in [3.05, 3.63) is 34.9 Å². The van der Waals surface area contributed by atoms with Crippen molar-refractivity contribution in [3.8, 4) is 0 Å². The third kappa shape index (κ3) is 7.08. The SMILES string of the molecule is CCCCCC1CCC(CCCCc2cc(F)c(C(F)(F)F)c(F)c2)CC1. The van der Waals surface area contributed by atoms with E-state index in [1.165, 1.54) is 51.4 Å². The van der Waals surface area contributed by atoms with Crippen molar-refractivity contribution in [3.63, 3.8) is 0 Å². The molecular formula is C22H31F5. The monoisotopic (exact) mass is 390 g/mol. The van der Waals surface area contributed by atoms with Crippen LogP contribution in [0.5, 0.6) is 0 Å². The Kier molecular flexibility index (Phi) is 8.56. The van der Waals surface area contributed by atoms with Gasteiger partial charge in [0.05, 0.1) is 0 Å². The Morgan fingerprint density at radius 2 is 1.30 bits per heavy atom. The number of benzene rings is 1. The van der Waals surface area contributed by atoms with Crippen LogP contribution in [0.25, 0.3) is 0 Å². The molecule has 2 rings (SSSR count). The van der Waals surface area contributed by atoms with Gasteiger partial charge in [0.1, 0.15) is 17.2 Å². The molecule has 1 saturated carbocycles. The highest BCUT2D eigenvalue weighted by Crippen LogP contribution is 2.36. The summed E-state index contributed by atoms with van der Waals surface area (Å²) in [5.41, 5.74) is -1.49. The fourth-order valence-electron chi connectivity index (χ4n) is 4.29. The van der Waals surface area contributed by atoms with Crippen molar-refractivity contribution in [2.45, 2.75) is 90.1 Å². The van der Waals surface area contributed by atoms with E-state index in [0.717, 1.165) is 43.2 Å². The van der Waals surface area contributed by atoms with E-state index in [4.69, 9.17) is 0 Å². The molecule has 1 aliphatic carbocycles. The first kappa shape index (κ1) is 22.2. The lowest BCUT2D eigenvalue weighted by Crippen LogP contribution is -2.14. The normalized spacial score (nSPS) is 20.8. The lowest BCUT2D eigenvalue weighted by molar-refractivity contribution is -0.142. The highest BCUT2D eigenvalue weighted by atomic mass is 19.4. The molecular weight excluding hydrogens is 359 g/mol. The third-order valence-corrected chi connectivity index (χ3v) is 5.90. The van der Waals surface area contributed by atoms with Crippen LogP contribution in [-0.4, -0.2) is 0 Å². The zero-order valence-electron chi connectivity index (χ0n) is 16.2. The molecule has 0 amide bonds. The van der Waals surface area contributed by atoms with Gasteiger partial charge in [0.25, 0.3) is 0 Å². The highest BCUT2D eigenvalue weighted by Gasteiger charge is 2.37. The maximum Gasteiger partial charge on any atom is 0.422 e. The molecule has 154 valence electrons. The minimum Gasteiger partial charge on any atom is -0.206 e. The lowest BCUT2D eigenvalue weighted by atomic mass is 9.78. The molecule has 0 aliphatic heterocycles. The van der Waals surface area contributed by atoms with Crippen molar-refractivity contribution in [1.82, 2.24) is 0 Å². The first-order chi connectivity index (χ1) is 12.8. The van der Waals surface area contributed by atoms with Crippen LogP contribution in [0.15, 0.2) is 12.1 Å². The van der Waals surface area contributed by atoms with Gasteiger partial charge in [0.15, 0.2) is 0 Å². The first-order valence-corrected chi connectivity index (χ1v) is 10.4. The number of rotatable bonds is 9. The van der Waals surface area contributed by atoms with Crippen molar-refractivity contribution in [1.29, 1.82) is 0 Å². The first-order valence-electron chi connectivity index (χ1n) is 10.4. The van der Waals surface area contributed by atoms with E-state index in [9.17, 15) is 22.0 Å². The average Bonchev–Trinajstić information content (AvgIpc) is 2.58. The smallest absolute Gasteiger partial charge is 0.206 e. The minimum absolute atomic E-state index is 0.303. The summed E-state index contributed by atoms with van der Waals surface area (Å²) < 4.78 is 65.0. The van der Waals surface area contributed by atoms with E-state index in [0.29, 0.717) is 12.0 Å². The summed E-state index contributed by atoms with van der Waals surface area (Å²) in [6.07, 6.45) is 8.66. The van der Waals surface area contributed by atoms with Crippen LogP contribution in [0.4, 0.5) is 22.0 Å². The molecule has 27 heavy (non-hydrogen) atoms. The van der Waals surface area contributed by atoms with E-state index >= 15 is 0 Å². The van der Waals surface area contributed by atoms with Gasteiger partial charge in [0.2, 0.25) is 0 Å². The van der Waals surface area contributed by atoms with Gasteiger partial charge >= 0.3 is 6.18 Å². The highest BCUT2D eigenvalue weighted by molar-refractivity contribution is 5.28. The Hall–Kier alpha value is -1.13. The zero-order valence-corrected chi connectivity index (χ0v) is 16.2. The zero-order chi connectivity index (χ0) is 19.9. The van der Waals surface area contributed by atoms with Crippen molar-refractivity contribution in [2.75, 3.05) is 0 Å². The van der Waals surface area contributed by atoms with Crippen LogP contribution in [0, 0.1) is 23.5 Å². The van der Waals surface area contributed by atoms with Gasteiger partial charge in [0, 0.05) is 0 Å². The number of aryl methyl sites for hydroxylation is 1. The number of unbranched alkanes of at least 4 members (excludes halogenated alkanes) is 3. The maximum absolute atomic E-state index is 13.6. The van der Waals surface area contributed by atoms with E-state index in [1.807, 2.05) is 0 Å². The lowest BCUT2D eigenvalue weighted by Gasteiger charge is -2.28. The molecule has 5 heteroatoms. The van der Waals surface area contributed by atoms with Crippen LogP contribution < -0.4 is 0 Å². The van der Waals surface area contributed by atoms with E-state index in [1.54, 1.807) is 0 Å². The topological polar surface area (TPSA) is 0 Å². The van der Waals surface area contributed by atoms with Gasteiger partial charge in [-0.2, -0.15) is 13.2 Å².